The van der Waals surface area contributed by atoms with Crippen molar-refractivity contribution in [2.75, 3.05) is 19.8 Å². The van der Waals surface area contributed by atoms with E-state index in [0.717, 1.165) is 13.8 Å². The van der Waals surface area contributed by atoms with Crippen molar-refractivity contribution < 1.29 is 137 Å². The molecule has 0 radical (unpaired) electrons. The molecular formula is C31H44N2O29S2-4. The topological polar surface area (TPSA) is 487 Å². The van der Waals surface area contributed by atoms with E-state index in [0.29, 0.717) is 0 Å². The van der Waals surface area contributed by atoms with Gasteiger partial charge in [0.05, 0.1) is 31.8 Å². The van der Waals surface area contributed by atoms with Gasteiger partial charge in [0.25, 0.3) is 0 Å². The van der Waals surface area contributed by atoms with Crippen molar-refractivity contribution in [2.24, 2.45) is 0 Å². The number of aliphatic hydroxyl groups excluding tert-OH is 7. The van der Waals surface area contributed by atoms with E-state index in [9.17, 15) is 91.1 Å². The van der Waals surface area contributed by atoms with Crippen LogP contribution in [0.4, 0.5) is 0 Å². The zero-order valence-electron chi connectivity index (χ0n) is 32.9. The molecule has 4 aliphatic rings. The highest BCUT2D eigenvalue weighted by molar-refractivity contribution is 7.81. The first-order valence-corrected chi connectivity index (χ1v) is 21.1. The maximum atomic E-state index is 12.6. The molecule has 31 nitrogen and oxygen atoms in total. The average molecular weight is 973 g/mol. The lowest BCUT2D eigenvalue weighted by Gasteiger charge is -2.51. The maximum Gasteiger partial charge on any atom is 0.218 e. The molecule has 9 N–H and O–H groups in total. The van der Waals surface area contributed by atoms with E-state index < -0.39 is 180 Å². The van der Waals surface area contributed by atoms with Crippen LogP contribution in [-0.2, 0) is 86.2 Å². The number of amides is 2. The molecule has 0 aromatic heterocycles. The highest BCUT2D eigenvalue weighted by atomic mass is 32.3. The Bertz CT molecular complexity index is 1880. The number of rotatable bonds is 19. The van der Waals surface area contributed by atoms with Crippen LogP contribution < -0.4 is 20.8 Å². The molecule has 20 atom stereocenters. The number of carboxylic acid groups (broad SMARTS) is 2. The standard InChI is InChI=1S/C31H48N2O29S2/c1-4-5-53-28-12(32-8(2)36)21(19(10(6-34)54-28)61-63(47,48)49)56-31-18(42)16(40)23(25(60-31)27(45)46)58-29-13(33-9(3)37)22(20(11(7-35)55-29)62-64(50,51)52)57-30-17(41)14(38)15(39)24(59-30)26(43)44/h4,10-25,28-31,34-35,38-42H,1,5-7H2,2-3H3,(H,32,36)(H,33,37)(H,43,44)(H,45,46)(H,47,48,49)(H,50,51,52)/p-4/t10?,11?,12?,13?,14-,15+,16+,17?,18?,19-,20-,21+,22+,23+,24?,25?,28+,29-,30+,31+/m0/s1. The van der Waals surface area contributed by atoms with Crippen molar-refractivity contribution >= 4 is 44.6 Å². The summed E-state index contributed by atoms with van der Waals surface area (Å²) in [6.45, 7) is 2.33. The molecule has 0 aliphatic carbocycles. The number of hydrogen-bond donors (Lipinski definition) is 9. The summed E-state index contributed by atoms with van der Waals surface area (Å²) in [5.74, 6) is -6.49. The predicted octanol–water partition coefficient (Wildman–Crippen LogP) is -11.8. The van der Waals surface area contributed by atoms with E-state index in [1.54, 1.807) is 0 Å². The predicted molar refractivity (Wildman–Crippen MR) is 184 cm³/mol. The van der Waals surface area contributed by atoms with Crippen LogP contribution in [0.5, 0.6) is 0 Å². The fourth-order valence-corrected chi connectivity index (χ4v) is 8.05. The average Bonchev–Trinajstić information content (AvgIpc) is 3.18. The fraction of sp³-hybridized carbons (Fsp3) is 0.806. The Morgan fingerprint density at radius 2 is 1.00 bits per heavy atom. The van der Waals surface area contributed by atoms with Gasteiger partial charge in [-0.05, 0) is 0 Å². The van der Waals surface area contributed by atoms with Crippen LogP contribution in [-0.4, -0.2) is 228 Å². The maximum absolute atomic E-state index is 12.6. The Morgan fingerprint density at radius 1 is 0.594 bits per heavy atom. The Labute approximate surface area is 361 Å². The lowest BCUT2D eigenvalue weighted by Crippen LogP contribution is -2.71. The summed E-state index contributed by atoms with van der Waals surface area (Å²) in [7, 11) is -11.6. The third kappa shape index (κ3) is 13.0. The monoisotopic (exact) mass is 972 g/mol. The van der Waals surface area contributed by atoms with E-state index >= 15 is 0 Å². The Kier molecular flexibility index (Phi) is 18.4. The lowest BCUT2D eigenvalue weighted by atomic mass is 9.94. The van der Waals surface area contributed by atoms with Crippen LogP contribution in [0.15, 0.2) is 12.7 Å². The van der Waals surface area contributed by atoms with Crippen molar-refractivity contribution in [3.63, 3.8) is 0 Å². The van der Waals surface area contributed by atoms with Gasteiger partial charge in [0.1, 0.15) is 97.5 Å². The van der Waals surface area contributed by atoms with Crippen LogP contribution >= 0.6 is 0 Å². The van der Waals surface area contributed by atoms with E-state index in [1.807, 2.05) is 0 Å². The number of ether oxygens (including phenoxy) is 8. The molecule has 0 saturated carbocycles. The zero-order chi connectivity index (χ0) is 48.2. The molecule has 0 spiro atoms. The SMILES string of the molecule is C=CCO[C@@H]1OC(CO)[C@H](OS(=O)(=O)[O-])[C@H](O[C@@H]2OC(C(=O)[O-])[C@H](O[C@@H]3OC(CO)[C@H](OS(=O)(=O)[O-])[C@H](O[C@@H]4OC(C(=O)[O-])[C@H](O)[C@H](O)C4O)C3NC(C)=O)[C@H](O)C2O)C1NC(C)=O. The van der Waals surface area contributed by atoms with E-state index in [2.05, 4.69) is 25.6 Å². The molecule has 4 rings (SSSR count). The Balaban J connectivity index is 1.75. The third-order valence-electron chi connectivity index (χ3n) is 9.68. The van der Waals surface area contributed by atoms with Gasteiger partial charge >= 0.3 is 0 Å². The van der Waals surface area contributed by atoms with Gasteiger partial charge in [-0.25, -0.2) is 16.8 Å². The third-order valence-corrected chi connectivity index (χ3v) is 10.6. The van der Waals surface area contributed by atoms with Gasteiger partial charge < -0.3 is 113 Å². The van der Waals surface area contributed by atoms with Gasteiger partial charge in [-0.1, -0.05) is 6.08 Å². The zero-order valence-corrected chi connectivity index (χ0v) is 34.5. The van der Waals surface area contributed by atoms with Crippen LogP contribution in [0.1, 0.15) is 13.8 Å². The summed E-state index contributed by atoms with van der Waals surface area (Å²) in [6, 6.07) is -3.97. The van der Waals surface area contributed by atoms with Gasteiger partial charge in [0.2, 0.25) is 32.6 Å². The highest BCUT2D eigenvalue weighted by Gasteiger charge is 2.58. The smallest absolute Gasteiger partial charge is 0.218 e. The van der Waals surface area contributed by atoms with Crippen molar-refractivity contribution in [3.05, 3.63) is 12.7 Å². The summed E-state index contributed by atoms with van der Waals surface area (Å²) in [5, 5.41) is 103. The number of carbonyl (C=O) groups is 4. The van der Waals surface area contributed by atoms with Crippen molar-refractivity contribution in [2.45, 2.75) is 137 Å². The van der Waals surface area contributed by atoms with E-state index in [4.69, 9.17) is 37.9 Å². The summed E-state index contributed by atoms with van der Waals surface area (Å²) < 4.78 is 124. The van der Waals surface area contributed by atoms with Crippen LogP contribution in [0.2, 0.25) is 0 Å². The number of carbonyl (C=O) groups excluding carboxylic acids is 4. The molecule has 0 bridgehead atoms. The molecule has 4 saturated heterocycles. The Morgan fingerprint density at radius 3 is 1.41 bits per heavy atom. The minimum absolute atomic E-state index is 0.338. The normalized spacial score (nSPS) is 40.8. The number of aliphatic hydroxyl groups is 7. The quantitative estimate of drug-likeness (QED) is 0.0330. The number of aliphatic carboxylic acids is 2. The second kappa shape index (κ2) is 22.0. The summed E-state index contributed by atoms with van der Waals surface area (Å²) in [6.07, 6.45) is -41.1. The van der Waals surface area contributed by atoms with Gasteiger partial charge in [-0.2, -0.15) is 0 Å². The molecule has 4 aliphatic heterocycles. The first-order valence-electron chi connectivity index (χ1n) is 18.4. The molecule has 368 valence electrons. The number of nitrogens with one attached hydrogen (secondary N) is 2. The Hall–Kier alpha value is -3.24. The molecular weight excluding hydrogens is 928 g/mol. The van der Waals surface area contributed by atoms with E-state index in [1.165, 1.54) is 6.08 Å². The summed E-state index contributed by atoms with van der Waals surface area (Å²) in [4.78, 5) is 49.1. The molecule has 4 heterocycles. The van der Waals surface area contributed by atoms with Gasteiger partial charge in [0, 0.05) is 13.8 Å². The second-order valence-corrected chi connectivity index (χ2v) is 16.2. The fourth-order valence-electron chi connectivity index (χ4n) is 7.04. The minimum Gasteiger partial charge on any atom is -0.726 e. The van der Waals surface area contributed by atoms with Crippen molar-refractivity contribution in [3.8, 4) is 0 Å². The summed E-state index contributed by atoms with van der Waals surface area (Å²) in [5.41, 5.74) is 0. The van der Waals surface area contributed by atoms with Gasteiger partial charge in [-0.15, -0.1) is 6.58 Å². The van der Waals surface area contributed by atoms with Gasteiger partial charge in [-0.3, -0.25) is 18.0 Å². The first kappa shape index (κ1) is 53.4. The molecule has 33 heteroatoms. The molecule has 8 unspecified atom stereocenters. The van der Waals surface area contributed by atoms with Crippen LogP contribution in [0.3, 0.4) is 0 Å². The largest absolute Gasteiger partial charge is 0.726 e. The molecule has 0 aromatic rings. The van der Waals surface area contributed by atoms with Crippen molar-refractivity contribution in [1.29, 1.82) is 0 Å². The van der Waals surface area contributed by atoms with Crippen LogP contribution in [0, 0.1) is 0 Å². The molecule has 4 fully saturated rings. The number of carboxylic acids is 2. The number of hydrogen-bond acceptors (Lipinski definition) is 29. The minimum atomic E-state index is -5.87. The highest BCUT2D eigenvalue weighted by Crippen LogP contribution is 2.36. The lowest BCUT2D eigenvalue weighted by molar-refractivity contribution is -0.385. The van der Waals surface area contributed by atoms with E-state index in [-0.39, 0.29) is 6.61 Å². The van der Waals surface area contributed by atoms with Gasteiger partial charge in [0.15, 0.2) is 25.2 Å². The molecule has 64 heavy (non-hydrogen) atoms. The second-order valence-electron chi connectivity index (χ2n) is 14.2. The molecule has 0 aromatic carbocycles. The summed E-state index contributed by atoms with van der Waals surface area (Å²) >= 11 is 0. The molecule has 2 amide bonds. The first-order chi connectivity index (χ1) is 29.7. The van der Waals surface area contributed by atoms with Crippen molar-refractivity contribution in [1.82, 2.24) is 10.6 Å². The van der Waals surface area contributed by atoms with Crippen LogP contribution in [0.25, 0.3) is 0 Å².